The van der Waals surface area contributed by atoms with Crippen molar-refractivity contribution in [2.45, 2.75) is 86.0 Å². The number of Topliss-reactive ketones (excluding diaryl/α,β-unsaturated/α-hetero) is 1. The first-order valence-corrected chi connectivity index (χ1v) is 17.3. The summed E-state index contributed by atoms with van der Waals surface area (Å²) >= 11 is 0. The average molecular weight is 669 g/mol. The zero-order valence-electron chi connectivity index (χ0n) is 28.9. The van der Waals surface area contributed by atoms with Crippen molar-refractivity contribution in [3.8, 4) is 0 Å². The van der Waals surface area contributed by atoms with Gasteiger partial charge in [0.15, 0.2) is 11.4 Å². The van der Waals surface area contributed by atoms with Gasteiger partial charge in [0, 0.05) is 46.7 Å². The van der Waals surface area contributed by atoms with Crippen LogP contribution in [0.1, 0.15) is 117 Å². The van der Waals surface area contributed by atoms with Crippen molar-refractivity contribution in [1.29, 1.82) is 0 Å². The molecule has 1 unspecified atom stereocenters. The first-order chi connectivity index (χ1) is 23.0. The lowest BCUT2D eigenvalue weighted by Crippen LogP contribution is -2.19. The summed E-state index contributed by atoms with van der Waals surface area (Å²) in [5.74, 6) is 4.40. The van der Waals surface area contributed by atoms with Crippen molar-refractivity contribution in [3.63, 3.8) is 0 Å². The van der Waals surface area contributed by atoms with Crippen LogP contribution in [0.5, 0.6) is 0 Å². The minimum atomic E-state index is -0.927. The fourth-order valence-electron chi connectivity index (χ4n) is 7.98. The van der Waals surface area contributed by atoms with Crippen LogP contribution in [0.25, 0.3) is 0 Å². The van der Waals surface area contributed by atoms with E-state index >= 15 is 0 Å². The summed E-state index contributed by atoms with van der Waals surface area (Å²) in [6.07, 6.45) is 4.04. The molecule has 13 nitrogen and oxygen atoms in total. The Labute approximate surface area is 280 Å². The normalized spacial score (nSPS) is 29.7. The molecule has 8 rings (SSSR count). The second kappa shape index (κ2) is 14.6. The van der Waals surface area contributed by atoms with Crippen LogP contribution in [0.4, 0.5) is 0 Å². The van der Waals surface area contributed by atoms with E-state index in [2.05, 4.69) is 50.6 Å². The smallest absolute Gasteiger partial charge is 0.417 e. The lowest BCUT2D eigenvalue weighted by Gasteiger charge is -2.01. The summed E-state index contributed by atoms with van der Waals surface area (Å²) in [5, 5.41) is 14.1. The minimum absolute atomic E-state index is 0.192. The number of ketones is 1. The van der Waals surface area contributed by atoms with Gasteiger partial charge >= 0.3 is 23.9 Å². The Morgan fingerprint density at radius 2 is 1.02 bits per heavy atom. The number of aromatic nitrogens is 4. The molecule has 0 bridgehead atoms. The maximum atomic E-state index is 11.6. The number of hydrogen-bond acceptors (Lipinski definition) is 11. The number of H-pyrrole nitrogens is 2. The highest BCUT2D eigenvalue weighted by molar-refractivity contribution is 6.29. The van der Waals surface area contributed by atoms with Gasteiger partial charge in [-0.1, -0.05) is 20.8 Å². The number of fused-ring (bicyclic) bond motifs is 7. The number of nitrogens with zero attached hydrogens (tertiary/aromatic N) is 2. The standard InChI is InChI=1S/2C11H14N2O2.C7H10O.C6H10O4/c2*1-3-15-11(14)10-7-4-6-5(2)8(6)9(7)12-13-10;1-4-5-2-3-6(8)7(4)5;1-3-9-5(7)6(8)10-4-2/h2*5-6,8H,3-4H2,1-2H3,(H,12,13);4-5,7H,2-3H2,1H3;3-4H2,1-2H3/t5-,6+,8-;5-,6-,8+;4?,5-,7+;/m100./s1. The molecule has 0 spiro atoms. The van der Waals surface area contributed by atoms with Crippen LogP contribution in [0.15, 0.2) is 0 Å². The number of rotatable bonds is 6. The number of hydrogen-bond donors (Lipinski definition) is 2. The van der Waals surface area contributed by atoms with Gasteiger partial charge in [-0.25, -0.2) is 19.2 Å². The van der Waals surface area contributed by atoms with Gasteiger partial charge in [-0.3, -0.25) is 15.0 Å². The Balaban J connectivity index is 0.000000129. The minimum Gasteiger partial charge on any atom is -0.461 e. The lowest BCUT2D eigenvalue weighted by molar-refractivity contribution is -0.167. The largest absolute Gasteiger partial charge is 0.461 e. The third-order valence-electron chi connectivity index (χ3n) is 10.8. The average Bonchev–Trinajstić information content (AvgIpc) is 3.66. The summed E-state index contributed by atoms with van der Waals surface area (Å²) in [7, 11) is 0. The molecule has 2 aromatic rings. The molecule has 4 saturated carbocycles. The van der Waals surface area contributed by atoms with Crippen molar-refractivity contribution < 1.29 is 42.9 Å². The Hall–Kier alpha value is -4.03. The summed E-state index contributed by atoms with van der Waals surface area (Å²) in [6.45, 7) is 14.8. The monoisotopic (exact) mass is 668 g/mol. The molecule has 2 aromatic heterocycles. The summed E-state index contributed by atoms with van der Waals surface area (Å²) in [5.41, 5.74) is 5.56. The van der Waals surface area contributed by atoms with Crippen molar-refractivity contribution in [3.05, 3.63) is 33.9 Å². The highest BCUT2D eigenvalue weighted by atomic mass is 16.6. The van der Waals surface area contributed by atoms with Gasteiger partial charge < -0.3 is 18.9 Å². The highest BCUT2D eigenvalue weighted by Crippen LogP contribution is 2.61. The van der Waals surface area contributed by atoms with E-state index in [1.807, 2.05) is 13.8 Å². The fourth-order valence-corrected chi connectivity index (χ4v) is 7.98. The van der Waals surface area contributed by atoms with Crippen LogP contribution >= 0.6 is 0 Å². The molecule has 48 heavy (non-hydrogen) atoms. The van der Waals surface area contributed by atoms with Gasteiger partial charge in [0.2, 0.25) is 0 Å². The van der Waals surface area contributed by atoms with Crippen molar-refractivity contribution in [2.24, 2.45) is 41.4 Å². The Bertz CT molecular complexity index is 1450. The number of carbonyl (C=O) groups excluding carboxylic acids is 5. The van der Waals surface area contributed by atoms with Gasteiger partial charge in [0.25, 0.3) is 0 Å². The van der Waals surface area contributed by atoms with E-state index in [1.165, 1.54) is 17.8 Å². The van der Waals surface area contributed by atoms with Crippen LogP contribution in [0, 0.1) is 41.4 Å². The van der Waals surface area contributed by atoms with Gasteiger partial charge in [-0.05, 0) is 82.5 Å². The zero-order valence-corrected chi connectivity index (χ0v) is 28.9. The van der Waals surface area contributed by atoms with Gasteiger partial charge in [0.1, 0.15) is 5.78 Å². The molecule has 6 aliphatic carbocycles. The molecular formula is C35H48N4O9. The molecule has 0 radical (unpaired) electrons. The Morgan fingerprint density at radius 3 is 1.33 bits per heavy atom. The third-order valence-corrected chi connectivity index (χ3v) is 10.8. The second-order valence-corrected chi connectivity index (χ2v) is 13.4. The van der Waals surface area contributed by atoms with Crippen molar-refractivity contribution in [1.82, 2.24) is 20.4 Å². The summed E-state index contributed by atoms with van der Waals surface area (Å²) in [4.78, 5) is 54.8. The first-order valence-electron chi connectivity index (χ1n) is 17.3. The first kappa shape index (κ1) is 35.3. The quantitative estimate of drug-likeness (QED) is 0.254. The van der Waals surface area contributed by atoms with Gasteiger partial charge in [-0.2, -0.15) is 10.2 Å². The van der Waals surface area contributed by atoms with Crippen LogP contribution < -0.4 is 0 Å². The van der Waals surface area contributed by atoms with Crippen molar-refractivity contribution in [2.75, 3.05) is 26.4 Å². The molecule has 4 fully saturated rings. The fraction of sp³-hybridized carbons (Fsp3) is 0.686. The third kappa shape index (κ3) is 6.91. The number of carbonyl (C=O) groups is 5. The molecule has 0 aliphatic heterocycles. The number of ether oxygens (including phenoxy) is 4. The predicted molar refractivity (Wildman–Crippen MR) is 171 cm³/mol. The van der Waals surface area contributed by atoms with E-state index < -0.39 is 11.9 Å². The molecule has 9 atom stereocenters. The predicted octanol–water partition coefficient (Wildman–Crippen LogP) is 4.33. The van der Waals surface area contributed by atoms with Crippen LogP contribution in [0.2, 0.25) is 0 Å². The molecule has 2 N–H and O–H groups in total. The van der Waals surface area contributed by atoms with E-state index in [9.17, 15) is 24.0 Å². The van der Waals surface area contributed by atoms with Gasteiger partial charge in [0.05, 0.1) is 26.4 Å². The Kier molecular flexibility index (Phi) is 10.7. The molecule has 0 saturated heterocycles. The number of nitrogens with one attached hydrogen (secondary N) is 2. The molecule has 6 aliphatic rings. The van der Waals surface area contributed by atoms with Crippen LogP contribution in [-0.4, -0.2) is 76.5 Å². The molecule has 0 amide bonds. The topological polar surface area (TPSA) is 180 Å². The summed E-state index contributed by atoms with van der Waals surface area (Å²) in [6, 6.07) is 0. The van der Waals surface area contributed by atoms with Crippen LogP contribution in [0.3, 0.4) is 0 Å². The molecule has 13 heteroatoms. The lowest BCUT2D eigenvalue weighted by atomic mass is 10.1. The van der Waals surface area contributed by atoms with Crippen molar-refractivity contribution >= 4 is 29.7 Å². The molecule has 2 heterocycles. The molecule has 0 aromatic carbocycles. The van der Waals surface area contributed by atoms with E-state index in [1.54, 1.807) is 13.8 Å². The SMILES string of the molecule is CC1[C@H]2C(=O)CC[C@@H]12.CCOC(=O)C(=O)OCC.CCOC(=O)c1n[nH]c2c1C[C@H]1[C@@H](C)[C@@H]21.CCOC(=O)c1n[nH]c2c1C[C@H]1[C@H](C)[C@@H]21. The van der Waals surface area contributed by atoms with Gasteiger partial charge in [-0.15, -0.1) is 0 Å². The maximum Gasteiger partial charge on any atom is 0.417 e. The van der Waals surface area contributed by atoms with E-state index in [0.717, 1.165) is 65.9 Å². The maximum absolute atomic E-state index is 11.6. The van der Waals surface area contributed by atoms with E-state index in [0.29, 0.717) is 48.1 Å². The highest BCUT2D eigenvalue weighted by Gasteiger charge is 2.56. The summed E-state index contributed by atoms with van der Waals surface area (Å²) < 4.78 is 18.6. The van der Waals surface area contributed by atoms with E-state index in [4.69, 9.17) is 9.47 Å². The number of esters is 4. The van der Waals surface area contributed by atoms with Crippen LogP contribution in [-0.2, 0) is 46.2 Å². The second-order valence-electron chi connectivity index (χ2n) is 13.4. The number of aromatic amines is 2. The zero-order chi connectivity index (χ0) is 34.9. The Morgan fingerprint density at radius 1 is 0.625 bits per heavy atom. The molecular weight excluding hydrogens is 620 g/mol. The molecule has 262 valence electrons. The van der Waals surface area contributed by atoms with E-state index in [-0.39, 0.29) is 25.2 Å².